The summed E-state index contributed by atoms with van der Waals surface area (Å²) in [4.78, 5) is 33.1. The lowest BCUT2D eigenvalue weighted by molar-refractivity contribution is -0.121. The van der Waals surface area contributed by atoms with Gasteiger partial charge in [0.25, 0.3) is 0 Å². The van der Waals surface area contributed by atoms with Crippen LogP contribution in [-0.4, -0.2) is 77.6 Å². The van der Waals surface area contributed by atoms with E-state index in [1.54, 1.807) is 0 Å². The lowest BCUT2D eigenvalue weighted by atomic mass is 10.0. The van der Waals surface area contributed by atoms with Gasteiger partial charge < -0.3 is 15.0 Å². The fraction of sp³-hybridized carbons (Fsp3) is 0.366. The van der Waals surface area contributed by atoms with Gasteiger partial charge in [0.05, 0.1) is 5.69 Å². The fourth-order valence-electron chi connectivity index (χ4n) is 7.66. The van der Waals surface area contributed by atoms with Crippen LogP contribution < -0.4 is 10.6 Å². The van der Waals surface area contributed by atoms with Crippen LogP contribution in [0.4, 0.5) is 10.5 Å². The first-order valence-corrected chi connectivity index (χ1v) is 17.8. The Morgan fingerprint density at radius 2 is 1.35 bits per heavy atom. The molecule has 8 heteroatoms. The van der Waals surface area contributed by atoms with Gasteiger partial charge in [-0.15, -0.1) is 0 Å². The summed E-state index contributed by atoms with van der Waals surface area (Å²) in [5, 5.41) is 6.07. The maximum atomic E-state index is 12.8. The van der Waals surface area contributed by atoms with Crippen molar-refractivity contribution in [1.29, 1.82) is 0 Å². The molecule has 0 unspecified atom stereocenters. The average molecular weight is 658 g/mol. The predicted octanol–water partition coefficient (Wildman–Crippen LogP) is 6.53. The Labute approximate surface area is 290 Å². The molecule has 2 bridgehead atoms. The number of rotatable bonds is 12. The van der Waals surface area contributed by atoms with Gasteiger partial charge in [0.2, 0.25) is 5.91 Å². The Morgan fingerprint density at radius 1 is 0.714 bits per heavy atom. The minimum atomic E-state index is -0.427. The van der Waals surface area contributed by atoms with Crippen molar-refractivity contribution < 1.29 is 14.3 Å². The van der Waals surface area contributed by atoms with E-state index < -0.39 is 6.09 Å². The molecule has 0 radical (unpaired) electrons. The van der Waals surface area contributed by atoms with Gasteiger partial charge in [0, 0.05) is 76.4 Å². The standard InChI is InChI=1S/C41H47N5O3/c47-40(20-23-44-21-18-37(19-22-44)49-41(48)43-39-17-8-7-16-38(39)34-14-5-2-6-15-34)42-26-32-12-9-13-33(24-32)28-46-30-35-25-36(46)29-45(35)27-31-10-3-1-4-11-31/h1-17,24,35-37H,18-23,25-30H2,(H,42,47)(H,43,48)/t35-,36+/m0/s1. The number of nitrogens with one attached hydrogen (secondary N) is 2. The lowest BCUT2D eigenvalue weighted by Crippen LogP contribution is -2.45. The molecule has 0 spiro atoms. The SMILES string of the molecule is O=C(CCN1CCC(OC(=O)Nc2ccccc2-c2ccccc2)CC1)NCc1cccc(CN2C[C@@H]3C[C@@H]2CN3Cc2ccccc2)c1. The van der Waals surface area contributed by atoms with Gasteiger partial charge in [-0.3, -0.25) is 19.9 Å². The molecule has 2 atom stereocenters. The van der Waals surface area contributed by atoms with Gasteiger partial charge in [0.15, 0.2) is 0 Å². The Bertz CT molecular complexity index is 1690. The third kappa shape index (κ3) is 8.76. The molecule has 3 aliphatic rings. The second-order valence-corrected chi connectivity index (χ2v) is 13.7. The van der Waals surface area contributed by atoms with Crippen molar-refractivity contribution in [2.75, 3.05) is 38.0 Å². The number of carbonyl (C=O) groups excluding carboxylic acids is 2. The van der Waals surface area contributed by atoms with Crippen LogP contribution in [0.1, 0.15) is 42.4 Å². The van der Waals surface area contributed by atoms with Crippen LogP contribution in [0, 0.1) is 0 Å². The quantitative estimate of drug-likeness (QED) is 0.181. The molecule has 49 heavy (non-hydrogen) atoms. The molecule has 0 aromatic heterocycles. The molecule has 3 aliphatic heterocycles. The molecular formula is C41H47N5O3. The van der Waals surface area contributed by atoms with Crippen LogP contribution in [0.25, 0.3) is 11.1 Å². The Morgan fingerprint density at radius 3 is 2.08 bits per heavy atom. The van der Waals surface area contributed by atoms with E-state index in [-0.39, 0.29) is 12.0 Å². The first kappa shape index (κ1) is 33.0. The molecular weight excluding hydrogens is 610 g/mol. The highest BCUT2D eigenvalue weighted by Gasteiger charge is 2.42. The predicted molar refractivity (Wildman–Crippen MR) is 194 cm³/mol. The summed E-state index contributed by atoms with van der Waals surface area (Å²) in [5.41, 5.74) is 6.59. The smallest absolute Gasteiger partial charge is 0.411 e. The van der Waals surface area contributed by atoms with E-state index in [2.05, 4.69) is 79.9 Å². The fourth-order valence-corrected chi connectivity index (χ4v) is 7.66. The van der Waals surface area contributed by atoms with Crippen molar-refractivity contribution in [3.05, 3.63) is 126 Å². The van der Waals surface area contributed by atoms with E-state index in [1.807, 2.05) is 54.6 Å². The largest absolute Gasteiger partial charge is 0.446 e. The lowest BCUT2D eigenvalue weighted by Gasteiger charge is -2.34. The van der Waals surface area contributed by atoms with E-state index in [0.717, 1.165) is 74.5 Å². The minimum absolute atomic E-state index is 0.0654. The Kier molecular flexibility index (Phi) is 10.7. The molecule has 2 N–H and O–H groups in total. The van der Waals surface area contributed by atoms with Gasteiger partial charge in [-0.2, -0.15) is 0 Å². The number of hydrogen-bond donors (Lipinski definition) is 2. The number of carbonyl (C=O) groups is 2. The first-order valence-electron chi connectivity index (χ1n) is 17.8. The van der Waals surface area contributed by atoms with Crippen molar-refractivity contribution in [2.45, 2.75) is 63.5 Å². The molecule has 0 aliphatic carbocycles. The van der Waals surface area contributed by atoms with Crippen LogP contribution in [0.3, 0.4) is 0 Å². The second-order valence-electron chi connectivity index (χ2n) is 13.7. The number of anilines is 1. The third-order valence-electron chi connectivity index (χ3n) is 10.3. The zero-order valence-electron chi connectivity index (χ0n) is 28.2. The van der Waals surface area contributed by atoms with Crippen LogP contribution in [0.2, 0.25) is 0 Å². The number of ether oxygens (including phenoxy) is 1. The van der Waals surface area contributed by atoms with Gasteiger partial charge in [-0.1, -0.05) is 103 Å². The van der Waals surface area contributed by atoms with Crippen LogP contribution in [0.15, 0.2) is 109 Å². The van der Waals surface area contributed by atoms with Crippen molar-refractivity contribution in [1.82, 2.24) is 20.0 Å². The molecule has 2 amide bonds. The molecule has 254 valence electrons. The molecule has 3 fully saturated rings. The van der Waals surface area contributed by atoms with E-state index in [1.165, 1.54) is 17.5 Å². The van der Waals surface area contributed by atoms with Gasteiger partial charge >= 0.3 is 6.09 Å². The molecule has 4 aromatic carbocycles. The number of piperidine rings is 1. The molecule has 0 saturated carbocycles. The Balaban J connectivity index is 0.792. The zero-order valence-corrected chi connectivity index (χ0v) is 28.2. The monoisotopic (exact) mass is 657 g/mol. The number of piperazine rings is 1. The van der Waals surface area contributed by atoms with Crippen molar-refractivity contribution >= 4 is 17.7 Å². The summed E-state index contributed by atoms with van der Waals surface area (Å²) < 4.78 is 5.78. The number of para-hydroxylation sites is 1. The van der Waals surface area contributed by atoms with E-state index in [4.69, 9.17) is 4.74 Å². The van der Waals surface area contributed by atoms with E-state index in [9.17, 15) is 9.59 Å². The second kappa shape index (κ2) is 15.8. The highest BCUT2D eigenvalue weighted by atomic mass is 16.6. The average Bonchev–Trinajstić information content (AvgIpc) is 3.72. The summed E-state index contributed by atoms with van der Waals surface area (Å²) >= 11 is 0. The summed E-state index contributed by atoms with van der Waals surface area (Å²) in [6, 6.07) is 38.5. The van der Waals surface area contributed by atoms with Crippen LogP contribution >= 0.6 is 0 Å². The van der Waals surface area contributed by atoms with Crippen LogP contribution in [0.5, 0.6) is 0 Å². The number of fused-ring (bicyclic) bond motifs is 2. The van der Waals surface area contributed by atoms with E-state index in [0.29, 0.717) is 31.6 Å². The topological polar surface area (TPSA) is 77.1 Å². The number of likely N-dealkylation sites (tertiary alicyclic amines) is 3. The molecule has 7 rings (SSSR count). The summed E-state index contributed by atoms with van der Waals surface area (Å²) in [5.74, 6) is 0.0654. The number of benzene rings is 4. The molecule has 8 nitrogen and oxygen atoms in total. The minimum Gasteiger partial charge on any atom is -0.446 e. The molecule has 4 aromatic rings. The van der Waals surface area contributed by atoms with Crippen molar-refractivity contribution in [3.8, 4) is 11.1 Å². The summed E-state index contributed by atoms with van der Waals surface area (Å²) in [6.07, 6.45) is 2.66. The third-order valence-corrected chi connectivity index (χ3v) is 10.3. The number of hydrogen-bond acceptors (Lipinski definition) is 6. The van der Waals surface area contributed by atoms with E-state index >= 15 is 0 Å². The molecule has 3 heterocycles. The maximum absolute atomic E-state index is 12.8. The Hall–Kier alpha value is -4.50. The first-order chi connectivity index (χ1) is 24.1. The van der Waals surface area contributed by atoms with Gasteiger partial charge in [-0.05, 0) is 47.6 Å². The maximum Gasteiger partial charge on any atom is 0.411 e. The highest BCUT2D eigenvalue weighted by molar-refractivity contribution is 5.91. The van der Waals surface area contributed by atoms with Crippen LogP contribution in [-0.2, 0) is 29.2 Å². The van der Waals surface area contributed by atoms with Gasteiger partial charge in [-0.25, -0.2) is 4.79 Å². The van der Waals surface area contributed by atoms with Crippen molar-refractivity contribution in [2.24, 2.45) is 0 Å². The van der Waals surface area contributed by atoms with Crippen molar-refractivity contribution in [3.63, 3.8) is 0 Å². The number of amides is 2. The summed E-state index contributed by atoms with van der Waals surface area (Å²) in [7, 11) is 0. The summed E-state index contributed by atoms with van der Waals surface area (Å²) in [6.45, 7) is 7.12. The number of nitrogens with zero attached hydrogens (tertiary/aromatic N) is 3. The highest BCUT2D eigenvalue weighted by Crippen LogP contribution is 2.33. The van der Waals surface area contributed by atoms with Gasteiger partial charge in [0.1, 0.15) is 6.10 Å². The normalized spacial score (nSPS) is 19.9. The molecule has 3 saturated heterocycles. The zero-order chi connectivity index (χ0) is 33.4.